The Hall–Kier alpha value is -2.44. The van der Waals surface area contributed by atoms with Gasteiger partial charge in [-0.25, -0.2) is 4.79 Å². The van der Waals surface area contributed by atoms with Crippen LogP contribution in [-0.4, -0.2) is 81.8 Å². The first-order valence-electron chi connectivity index (χ1n) is 11.9. The Bertz CT molecular complexity index is 1060. The molecule has 196 valence electrons. The number of imide groups is 1. The predicted octanol–water partition coefficient (Wildman–Crippen LogP) is 1.38. The van der Waals surface area contributed by atoms with Gasteiger partial charge in [-0.3, -0.25) is 34.8 Å². The summed E-state index contributed by atoms with van der Waals surface area (Å²) in [5.41, 5.74) is 6.05. The molecule has 3 aliphatic rings. The first-order chi connectivity index (χ1) is 17.1. The van der Waals surface area contributed by atoms with Gasteiger partial charge in [0.1, 0.15) is 18.5 Å². The van der Waals surface area contributed by atoms with E-state index >= 15 is 0 Å². The maximum Gasteiger partial charge on any atom is 0.328 e. The maximum absolute atomic E-state index is 13.7. The van der Waals surface area contributed by atoms with Crippen molar-refractivity contribution in [1.82, 2.24) is 25.3 Å². The molecule has 1 aromatic carbocycles. The third-order valence-corrected chi connectivity index (χ3v) is 7.88. The van der Waals surface area contributed by atoms with Crippen LogP contribution in [0.3, 0.4) is 0 Å². The largest absolute Gasteiger partial charge is 0.481 e. The Morgan fingerprint density at radius 2 is 1.97 bits per heavy atom. The van der Waals surface area contributed by atoms with Gasteiger partial charge in [0.2, 0.25) is 5.91 Å². The van der Waals surface area contributed by atoms with Gasteiger partial charge in [-0.15, -0.1) is 0 Å². The molecule has 2 aliphatic heterocycles. The number of hydrogen-bond acceptors (Lipinski definition) is 7. The molecule has 0 radical (unpaired) electrons. The molecule has 0 spiro atoms. The van der Waals surface area contributed by atoms with Crippen molar-refractivity contribution in [2.45, 2.75) is 63.2 Å². The normalized spacial score (nSPS) is 28.9. The lowest BCUT2D eigenvalue weighted by Gasteiger charge is -2.41. The number of benzene rings is 1. The Morgan fingerprint density at radius 1 is 1.22 bits per heavy atom. The van der Waals surface area contributed by atoms with E-state index in [1.807, 2.05) is 0 Å². The molecule has 2 heterocycles. The number of carboxylic acids is 1. The zero-order valence-corrected chi connectivity index (χ0v) is 21.3. The van der Waals surface area contributed by atoms with Crippen LogP contribution in [0.5, 0.6) is 0 Å². The highest BCUT2D eigenvalue weighted by Crippen LogP contribution is 2.31. The van der Waals surface area contributed by atoms with Gasteiger partial charge < -0.3 is 15.7 Å². The summed E-state index contributed by atoms with van der Waals surface area (Å²) in [4.78, 5) is 54.4. The number of amides is 4. The van der Waals surface area contributed by atoms with Gasteiger partial charge in [0.15, 0.2) is 0 Å². The highest BCUT2D eigenvalue weighted by Gasteiger charge is 2.54. The lowest BCUT2D eigenvalue weighted by molar-refractivity contribution is -0.143. The lowest BCUT2D eigenvalue weighted by Crippen LogP contribution is -2.65. The highest BCUT2D eigenvalue weighted by atomic mass is 35.5. The lowest BCUT2D eigenvalue weighted by atomic mass is 9.86. The van der Waals surface area contributed by atoms with E-state index < -0.39 is 48.2 Å². The molecule has 5 N–H and O–H groups in total. The fraction of sp³-hybridized carbons (Fsp3) is 0.565. The van der Waals surface area contributed by atoms with E-state index in [2.05, 4.69) is 10.6 Å². The second kappa shape index (κ2) is 10.9. The van der Waals surface area contributed by atoms with Crippen LogP contribution >= 0.6 is 23.2 Å². The summed E-state index contributed by atoms with van der Waals surface area (Å²) in [6, 6.07) is 3.57. The number of primary amides is 1. The molecular weight excluding hydrogens is 511 g/mol. The molecule has 2 saturated heterocycles. The summed E-state index contributed by atoms with van der Waals surface area (Å²) >= 11 is 12.1. The number of carboxylic acid groups (broad SMARTS) is 1. The van der Waals surface area contributed by atoms with Crippen molar-refractivity contribution in [3.63, 3.8) is 0 Å². The number of urea groups is 1. The number of carbonyl (C=O) groups is 4. The third-order valence-electron chi connectivity index (χ3n) is 7.14. The van der Waals surface area contributed by atoms with Crippen LogP contribution in [0.2, 0.25) is 10.0 Å². The average molecular weight is 541 g/mol. The number of likely N-dealkylation sites (N-methyl/N-ethyl adjacent to an activating group) is 1. The minimum Gasteiger partial charge on any atom is -0.481 e. The van der Waals surface area contributed by atoms with Crippen molar-refractivity contribution >= 4 is 47.0 Å². The summed E-state index contributed by atoms with van der Waals surface area (Å²) in [6.07, 6.45) is 1.46. The van der Waals surface area contributed by atoms with E-state index in [4.69, 9.17) is 28.9 Å². The van der Waals surface area contributed by atoms with Crippen molar-refractivity contribution in [3.05, 3.63) is 33.8 Å². The first-order valence-corrected chi connectivity index (χ1v) is 12.6. The fourth-order valence-electron chi connectivity index (χ4n) is 5.26. The quantitative estimate of drug-likeness (QED) is 0.386. The number of hydrogen-bond donors (Lipinski definition) is 4. The van der Waals surface area contributed by atoms with Crippen molar-refractivity contribution in [1.29, 1.82) is 0 Å². The summed E-state index contributed by atoms with van der Waals surface area (Å²) in [5, 5.41) is 16.9. The Kier molecular flexibility index (Phi) is 8.06. The van der Waals surface area contributed by atoms with Gasteiger partial charge in [0, 0.05) is 26.1 Å². The van der Waals surface area contributed by atoms with Crippen molar-refractivity contribution in [3.8, 4) is 0 Å². The van der Waals surface area contributed by atoms with E-state index in [1.54, 1.807) is 30.1 Å². The monoisotopic (exact) mass is 540 g/mol. The Labute approximate surface area is 218 Å². The van der Waals surface area contributed by atoms with Crippen molar-refractivity contribution in [2.24, 2.45) is 11.7 Å². The van der Waals surface area contributed by atoms with E-state index in [-0.39, 0.29) is 25.6 Å². The molecule has 3 fully saturated rings. The van der Waals surface area contributed by atoms with E-state index in [1.165, 1.54) is 4.90 Å². The smallest absolute Gasteiger partial charge is 0.328 e. The van der Waals surface area contributed by atoms with Gasteiger partial charge in [-0.2, -0.15) is 0 Å². The number of nitrogens with zero attached hydrogens (tertiary/aromatic N) is 3. The molecule has 0 aromatic heterocycles. The molecule has 4 amide bonds. The fourth-order valence-corrected chi connectivity index (χ4v) is 5.58. The predicted molar refractivity (Wildman–Crippen MR) is 132 cm³/mol. The van der Waals surface area contributed by atoms with Crippen molar-refractivity contribution < 1.29 is 24.3 Å². The van der Waals surface area contributed by atoms with Gasteiger partial charge in [0.25, 0.3) is 5.91 Å². The summed E-state index contributed by atoms with van der Waals surface area (Å²) in [6.45, 7) is 0.192. The SMILES string of the molecule is CN1C(=O)N(Cc2ccc(Cl)c(Cl)c2)C(=O)C2C1NC(NC1CCCC(C(=O)O)C1)N2CCC(N)=O. The van der Waals surface area contributed by atoms with Crippen LogP contribution in [0.1, 0.15) is 37.7 Å². The number of fused-ring (bicyclic) bond motifs is 1. The van der Waals surface area contributed by atoms with Crippen LogP contribution in [0, 0.1) is 5.92 Å². The second-order valence-corrected chi connectivity index (χ2v) is 10.4. The van der Waals surface area contributed by atoms with Crippen LogP contribution in [0.15, 0.2) is 18.2 Å². The van der Waals surface area contributed by atoms with E-state index in [0.29, 0.717) is 28.5 Å². The second-order valence-electron chi connectivity index (χ2n) is 9.54. The molecule has 5 atom stereocenters. The number of nitrogens with two attached hydrogens (primary N) is 1. The van der Waals surface area contributed by atoms with Crippen LogP contribution in [0.4, 0.5) is 4.79 Å². The Balaban J connectivity index is 1.57. The van der Waals surface area contributed by atoms with Gasteiger partial charge in [-0.1, -0.05) is 35.7 Å². The maximum atomic E-state index is 13.7. The van der Waals surface area contributed by atoms with Crippen LogP contribution < -0.4 is 16.4 Å². The van der Waals surface area contributed by atoms with Crippen molar-refractivity contribution in [2.75, 3.05) is 13.6 Å². The zero-order chi connectivity index (χ0) is 26.1. The number of aliphatic carboxylic acids is 1. The molecule has 11 nitrogen and oxygen atoms in total. The Morgan fingerprint density at radius 3 is 2.64 bits per heavy atom. The minimum atomic E-state index is -0.821. The topological polar surface area (TPSA) is 148 Å². The molecule has 1 saturated carbocycles. The van der Waals surface area contributed by atoms with Gasteiger partial charge in [0.05, 0.1) is 22.5 Å². The summed E-state index contributed by atoms with van der Waals surface area (Å²) < 4.78 is 0. The number of carbonyl (C=O) groups excluding carboxylic acids is 3. The molecule has 5 unspecified atom stereocenters. The number of nitrogens with one attached hydrogen (secondary N) is 2. The molecule has 13 heteroatoms. The molecular formula is C23H30Cl2N6O5. The standard InChI is InChI=1S/C23H30Cl2N6O5/c1-29-19-18(20(33)31(23(29)36)11-12-5-6-15(24)16(25)9-12)30(8-7-17(26)32)22(28-19)27-14-4-2-3-13(10-14)21(34)35/h5-6,9,13-14,18-19,22,27-28H,2-4,7-8,10-11H2,1H3,(H2,26,32)(H,34,35). The highest BCUT2D eigenvalue weighted by molar-refractivity contribution is 6.42. The van der Waals surface area contributed by atoms with E-state index in [0.717, 1.165) is 17.7 Å². The van der Waals surface area contributed by atoms with Crippen LogP contribution in [-0.2, 0) is 20.9 Å². The first kappa shape index (κ1) is 26.6. The van der Waals surface area contributed by atoms with E-state index in [9.17, 15) is 24.3 Å². The summed E-state index contributed by atoms with van der Waals surface area (Å²) in [7, 11) is 1.61. The summed E-state index contributed by atoms with van der Waals surface area (Å²) in [5.74, 6) is -2.19. The molecule has 0 bridgehead atoms. The van der Waals surface area contributed by atoms with Gasteiger partial charge >= 0.3 is 12.0 Å². The minimum absolute atomic E-state index is 0.00673. The average Bonchev–Trinajstić information content (AvgIpc) is 3.19. The number of halogens is 2. The zero-order valence-electron chi connectivity index (χ0n) is 19.8. The molecule has 1 aromatic rings. The molecule has 36 heavy (non-hydrogen) atoms. The molecule has 1 aliphatic carbocycles. The number of rotatable bonds is 8. The van der Waals surface area contributed by atoms with Gasteiger partial charge in [-0.05, 0) is 37.0 Å². The third kappa shape index (κ3) is 5.45. The van der Waals surface area contributed by atoms with Crippen LogP contribution in [0.25, 0.3) is 0 Å². The molecule has 4 rings (SSSR count).